The van der Waals surface area contributed by atoms with E-state index in [1.54, 1.807) is 18.2 Å². The lowest BCUT2D eigenvalue weighted by atomic mass is 10.2. The Bertz CT molecular complexity index is 660. The summed E-state index contributed by atoms with van der Waals surface area (Å²) in [5.41, 5.74) is 6.42. The molecule has 2 aromatic rings. The zero-order valence-electron chi connectivity index (χ0n) is 10.6. The minimum absolute atomic E-state index is 0.000817. The van der Waals surface area contributed by atoms with Crippen LogP contribution in [0.5, 0.6) is 5.75 Å². The first kappa shape index (κ1) is 13.8. The Balaban J connectivity index is 2.21. The monoisotopic (exact) mass is 278 g/mol. The molecule has 0 saturated carbocycles. The maximum Gasteiger partial charge on any atom is 0.255 e. The van der Waals surface area contributed by atoms with E-state index in [1.807, 2.05) is 0 Å². The highest BCUT2D eigenvalue weighted by Crippen LogP contribution is 2.24. The number of benzene rings is 2. The molecule has 0 saturated heterocycles. The predicted octanol–water partition coefficient (Wildman–Crippen LogP) is 2.81. The van der Waals surface area contributed by atoms with Crippen LogP contribution in [0.3, 0.4) is 0 Å². The highest BCUT2D eigenvalue weighted by atomic mass is 19.2. The number of hydrogen-bond donors (Lipinski definition) is 2. The summed E-state index contributed by atoms with van der Waals surface area (Å²) in [6.07, 6.45) is 0. The Morgan fingerprint density at radius 1 is 1.15 bits per heavy atom. The van der Waals surface area contributed by atoms with E-state index in [0.29, 0.717) is 17.1 Å². The maximum absolute atomic E-state index is 13.1. The van der Waals surface area contributed by atoms with E-state index in [4.69, 9.17) is 10.5 Å². The fraction of sp³-hybridized carbons (Fsp3) is 0.0714. The summed E-state index contributed by atoms with van der Waals surface area (Å²) in [5.74, 6) is -2.13. The molecule has 0 atom stereocenters. The van der Waals surface area contributed by atoms with Crippen molar-refractivity contribution in [3.8, 4) is 5.75 Å². The fourth-order valence-corrected chi connectivity index (χ4v) is 1.61. The average molecular weight is 278 g/mol. The van der Waals surface area contributed by atoms with Crippen molar-refractivity contribution in [1.82, 2.24) is 0 Å². The summed E-state index contributed by atoms with van der Waals surface area (Å²) in [4.78, 5) is 11.9. The Morgan fingerprint density at radius 3 is 2.50 bits per heavy atom. The summed E-state index contributed by atoms with van der Waals surface area (Å²) in [7, 11) is 1.49. The van der Waals surface area contributed by atoms with E-state index in [1.165, 1.54) is 13.2 Å². The Hall–Kier alpha value is -2.63. The van der Waals surface area contributed by atoms with Crippen molar-refractivity contribution in [1.29, 1.82) is 0 Å². The van der Waals surface area contributed by atoms with Gasteiger partial charge < -0.3 is 15.8 Å². The van der Waals surface area contributed by atoms with Gasteiger partial charge in [0.1, 0.15) is 5.75 Å². The number of ether oxygens (including phenoxy) is 1. The van der Waals surface area contributed by atoms with Crippen LogP contribution >= 0.6 is 0 Å². The van der Waals surface area contributed by atoms with Crippen LogP contribution in [0.2, 0.25) is 0 Å². The topological polar surface area (TPSA) is 64.3 Å². The van der Waals surface area contributed by atoms with E-state index in [9.17, 15) is 13.6 Å². The van der Waals surface area contributed by atoms with Gasteiger partial charge in [-0.2, -0.15) is 0 Å². The number of nitrogens with one attached hydrogen (secondary N) is 1. The molecule has 104 valence electrons. The van der Waals surface area contributed by atoms with Crippen molar-refractivity contribution < 1.29 is 18.3 Å². The summed E-state index contributed by atoms with van der Waals surface area (Å²) in [6, 6.07) is 7.63. The molecule has 0 heterocycles. The van der Waals surface area contributed by atoms with Crippen LogP contribution in [-0.2, 0) is 0 Å². The average Bonchev–Trinajstić information content (AvgIpc) is 2.43. The molecule has 0 radical (unpaired) electrons. The third-order valence-electron chi connectivity index (χ3n) is 2.69. The fourth-order valence-electron chi connectivity index (χ4n) is 1.61. The molecule has 3 N–H and O–H groups in total. The summed E-state index contributed by atoms with van der Waals surface area (Å²) >= 11 is 0. The number of methoxy groups -OCH3 is 1. The molecule has 6 heteroatoms. The second-order valence-electron chi connectivity index (χ2n) is 4.04. The summed E-state index contributed by atoms with van der Waals surface area (Å²) in [5, 5.41) is 2.52. The second kappa shape index (κ2) is 5.56. The van der Waals surface area contributed by atoms with Crippen molar-refractivity contribution in [3.05, 3.63) is 53.6 Å². The van der Waals surface area contributed by atoms with E-state index in [-0.39, 0.29) is 5.56 Å². The van der Waals surface area contributed by atoms with Gasteiger partial charge in [0.25, 0.3) is 5.91 Å². The highest BCUT2D eigenvalue weighted by molar-refractivity contribution is 6.05. The van der Waals surface area contributed by atoms with Crippen LogP contribution < -0.4 is 15.8 Å². The minimum Gasteiger partial charge on any atom is -0.497 e. The zero-order valence-corrected chi connectivity index (χ0v) is 10.6. The number of hydrogen-bond acceptors (Lipinski definition) is 3. The number of nitrogens with two attached hydrogens (primary N) is 1. The van der Waals surface area contributed by atoms with E-state index in [0.717, 1.165) is 12.1 Å². The van der Waals surface area contributed by atoms with Crippen LogP contribution in [0, 0.1) is 11.6 Å². The molecular formula is C14H12F2N2O2. The van der Waals surface area contributed by atoms with Gasteiger partial charge in [0.15, 0.2) is 11.6 Å². The first-order chi connectivity index (χ1) is 9.51. The van der Waals surface area contributed by atoms with Crippen LogP contribution in [0.1, 0.15) is 10.4 Å². The quantitative estimate of drug-likeness (QED) is 0.848. The van der Waals surface area contributed by atoms with Gasteiger partial charge in [-0.1, -0.05) is 0 Å². The number of nitrogen functional groups attached to an aromatic ring is 1. The molecular weight excluding hydrogens is 266 g/mol. The Labute approximate surface area is 114 Å². The van der Waals surface area contributed by atoms with Gasteiger partial charge in [0.2, 0.25) is 0 Å². The number of carbonyl (C=O) groups excluding carboxylic acids is 1. The molecule has 1 amide bonds. The molecule has 4 nitrogen and oxygen atoms in total. The van der Waals surface area contributed by atoms with Gasteiger partial charge in [0.05, 0.1) is 18.5 Å². The molecule has 2 aromatic carbocycles. The van der Waals surface area contributed by atoms with Crippen molar-refractivity contribution in [2.45, 2.75) is 0 Å². The largest absolute Gasteiger partial charge is 0.497 e. The molecule has 20 heavy (non-hydrogen) atoms. The van der Waals surface area contributed by atoms with Crippen molar-refractivity contribution >= 4 is 17.3 Å². The van der Waals surface area contributed by atoms with Gasteiger partial charge >= 0.3 is 0 Å². The van der Waals surface area contributed by atoms with E-state index < -0.39 is 17.5 Å². The number of anilines is 2. The molecule has 0 aromatic heterocycles. The third kappa shape index (κ3) is 2.85. The summed E-state index contributed by atoms with van der Waals surface area (Å²) in [6.45, 7) is 0. The van der Waals surface area contributed by atoms with Gasteiger partial charge in [-0.05, 0) is 30.3 Å². The van der Waals surface area contributed by atoms with E-state index >= 15 is 0 Å². The molecule has 0 aliphatic rings. The lowest BCUT2D eigenvalue weighted by Crippen LogP contribution is -2.13. The van der Waals surface area contributed by atoms with Crippen LogP contribution in [0.15, 0.2) is 36.4 Å². The lowest BCUT2D eigenvalue weighted by molar-refractivity contribution is 0.102. The number of amides is 1. The standard InChI is InChI=1S/C14H12F2N2O2/c1-20-9-3-5-13(12(17)7-9)18-14(19)8-2-4-10(15)11(16)6-8/h2-7H,17H2,1H3,(H,18,19). The normalized spacial score (nSPS) is 10.2. The molecule has 0 bridgehead atoms. The highest BCUT2D eigenvalue weighted by Gasteiger charge is 2.11. The van der Waals surface area contributed by atoms with Gasteiger partial charge in [-0.3, -0.25) is 4.79 Å². The zero-order chi connectivity index (χ0) is 14.7. The van der Waals surface area contributed by atoms with Crippen LogP contribution in [-0.4, -0.2) is 13.0 Å². The van der Waals surface area contributed by atoms with Crippen LogP contribution in [0.25, 0.3) is 0 Å². The number of carbonyl (C=O) groups is 1. The Morgan fingerprint density at radius 2 is 1.90 bits per heavy atom. The molecule has 0 aliphatic carbocycles. The van der Waals surface area contributed by atoms with Gasteiger partial charge in [-0.15, -0.1) is 0 Å². The lowest BCUT2D eigenvalue weighted by Gasteiger charge is -2.09. The maximum atomic E-state index is 13.1. The van der Waals surface area contributed by atoms with Crippen LogP contribution in [0.4, 0.5) is 20.2 Å². The first-order valence-corrected chi connectivity index (χ1v) is 5.71. The van der Waals surface area contributed by atoms with Crippen molar-refractivity contribution in [2.24, 2.45) is 0 Å². The second-order valence-corrected chi connectivity index (χ2v) is 4.04. The smallest absolute Gasteiger partial charge is 0.255 e. The molecule has 0 unspecified atom stereocenters. The SMILES string of the molecule is COc1ccc(NC(=O)c2ccc(F)c(F)c2)c(N)c1. The van der Waals surface area contributed by atoms with Crippen molar-refractivity contribution in [3.63, 3.8) is 0 Å². The molecule has 2 rings (SSSR count). The van der Waals surface area contributed by atoms with E-state index in [2.05, 4.69) is 5.32 Å². The van der Waals surface area contributed by atoms with Gasteiger partial charge in [-0.25, -0.2) is 8.78 Å². The van der Waals surface area contributed by atoms with Gasteiger partial charge in [0, 0.05) is 11.6 Å². The number of halogens is 2. The molecule has 0 fully saturated rings. The minimum atomic E-state index is -1.08. The molecule has 0 spiro atoms. The first-order valence-electron chi connectivity index (χ1n) is 5.71. The predicted molar refractivity (Wildman–Crippen MR) is 71.7 cm³/mol. The third-order valence-corrected chi connectivity index (χ3v) is 2.69. The number of rotatable bonds is 3. The molecule has 0 aliphatic heterocycles. The summed E-state index contributed by atoms with van der Waals surface area (Å²) < 4.78 is 30.8. The Kier molecular flexibility index (Phi) is 3.84. The van der Waals surface area contributed by atoms with Crippen molar-refractivity contribution in [2.75, 3.05) is 18.2 Å².